The molecule has 0 aromatic carbocycles. The third-order valence-corrected chi connectivity index (χ3v) is 3.19. The summed E-state index contributed by atoms with van der Waals surface area (Å²) in [6.45, 7) is 3.09. The van der Waals surface area contributed by atoms with Gasteiger partial charge in [0, 0.05) is 19.6 Å². The minimum Gasteiger partial charge on any atom is -0.481 e. The van der Waals surface area contributed by atoms with Gasteiger partial charge in [-0.15, -0.1) is 0 Å². The number of rotatable bonds is 7. The predicted molar refractivity (Wildman–Crippen MR) is 73.7 cm³/mol. The Bertz CT molecular complexity index is 390. The topological polar surface area (TPSA) is 134 Å². The number of carbonyl (C=O) groups is 3. The maximum absolute atomic E-state index is 12.2. The highest BCUT2D eigenvalue weighted by molar-refractivity contribution is 5.77. The average Bonchev–Trinajstić information content (AvgIpc) is 2.89. The van der Waals surface area contributed by atoms with Crippen LogP contribution < -0.4 is 16.4 Å². The van der Waals surface area contributed by atoms with E-state index in [1.165, 1.54) is 4.90 Å². The molecule has 4 amide bonds. The molecule has 2 unspecified atom stereocenters. The number of urea groups is 2. The molecule has 0 aliphatic carbocycles. The lowest BCUT2D eigenvalue weighted by Crippen LogP contribution is -2.52. The van der Waals surface area contributed by atoms with Crippen molar-refractivity contribution in [2.45, 2.75) is 19.4 Å². The fourth-order valence-electron chi connectivity index (χ4n) is 2.20. The Labute approximate surface area is 122 Å². The number of nitrogens with one attached hydrogen (secondary N) is 2. The molecular weight excluding hydrogens is 280 g/mol. The molecular formula is C12H22N4O5. The van der Waals surface area contributed by atoms with Gasteiger partial charge < -0.3 is 31.1 Å². The number of carbonyl (C=O) groups excluding carboxylic acids is 2. The second-order valence-corrected chi connectivity index (χ2v) is 4.77. The summed E-state index contributed by atoms with van der Waals surface area (Å²) in [6, 6.07) is -1.51. The minimum absolute atomic E-state index is 0.108. The van der Waals surface area contributed by atoms with E-state index in [9.17, 15) is 14.4 Å². The van der Waals surface area contributed by atoms with Crippen LogP contribution in [0.4, 0.5) is 9.59 Å². The molecule has 1 rings (SSSR count). The van der Waals surface area contributed by atoms with Gasteiger partial charge in [-0.3, -0.25) is 4.79 Å². The molecule has 1 saturated heterocycles. The summed E-state index contributed by atoms with van der Waals surface area (Å²) in [6.07, 6.45) is 0.704. The first-order valence-corrected chi connectivity index (χ1v) is 6.85. The summed E-state index contributed by atoms with van der Waals surface area (Å²) in [5.74, 6) is -1.69. The summed E-state index contributed by atoms with van der Waals surface area (Å²) in [7, 11) is 0. The van der Waals surface area contributed by atoms with E-state index >= 15 is 0 Å². The lowest BCUT2D eigenvalue weighted by molar-refractivity contribution is -0.142. The molecule has 120 valence electrons. The molecule has 0 radical (unpaired) electrons. The molecule has 1 heterocycles. The number of nitrogens with zero attached hydrogens (tertiary/aromatic N) is 1. The van der Waals surface area contributed by atoms with Gasteiger partial charge in [-0.05, 0) is 6.42 Å². The number of amides is 4. The molecule has 2 atom stereocenters. The summed E-state index contributed by atoms with van der Waals surface area (Å²) in [5, 5.41) is 14.1. The predicted octanol–water partition coefficient (Wildman–Crippen LogP) is -0.824. The highest BCUT2D eigenvalue weighted by atomic mass is 16.5. The van der Waals surface area contributed by atoms with Crippen molar-refractivity contribution < 1.29 is 24.2 Å². The Morgan fingerprint density at radius 1 is 1.29 bits per heavy atom. The molecule has 0 aromatic heterocycles. The van der Waals surface area contributed by atoms with Gasteiger partial charge in [-0.25, -0.2) is 9.59 Å². The van der Waals surface area contributed by atoms with E-state index in [1.807, 2.05) is 6.92 Å². The SMILES string of the molecule is CCCN(C(=O)NCCNC(N)=O)C1COCC1C(=O)O. The highest BCUT2D eigenvalue weighted by Gasteiger charge is 2.39. The molecule has 0 saturated carbocycles. The summed E-state index contributed by atoms with van der Waals surface area (Å²) >= 11 is 0. The van der Waals surface area contributed by atoms with Crippen LogP contribution in [0.5, 0.6) is 0 Å². The van der Waals surface area contributed by atoms with Crippen molar-refractivity contribution in [3.63, 3.8) is 0 Å². The van der Waals surface area contributed by atoms with Crippen LogP contribution in [0.1, 0.15) is 13.3 Å². The van der Waals surface area contributed by atoms with Gasteiger partial charge in [0.25, 0.3) is 0 Å². The third kappa shape index (κ3) is 5.10. The lowest BCUT2D eigenvalue weighted by atomic mass is 10.0. The Kier molecular flexibility index (Phi) is 6.73. The van der Waals surface area contributed by atoms with Crippen LogP contribution in [-0.4, -0.2) is 66.9 Å². The number of hydrogen-bond acceptors (Lipinski definition) is 4. The van der Waals surface area contributed by atoms with Gasteiger partial charge in [-0.1, -0.05) is 6.92 Å². The zero-order valence-electron chi connectivity index (χ0n) is 12.0. The van der Waals surface area contributed by atoms with Crippen molar-refractivity contribution in [1.82, 2.24) is 15.5 Å². The van der Waals surface area contributed by atoms with E-state index in [2.05, 4.69) is 10.6 Å². The molecule has 0 spiro atoms. The van der Waals surface area contributed by atoms with Crippen LogP contribution in [0, 0.1) is 5.92 Å². The van der Waals surface area contributed by atoms with Crippen LogP contribution in [0.3, 0.4) is 0 Å². The normalized spacial score (nSPS) is 20.8. The van der Waals surface area contributed by atoms with Crippen molar-refractivity contribution >= 4 is 18.0 Å². The van der Waals surface area contributed by atoms with Crippen molar-refractivity contribution in [3.8, 4) is 0 Å². The Balaban J connectivity index is 2.56. The number of primary amides is 1. The molecule has 9 nitrogen and oxygen atoms in total. The van der Waals surface area contributed by atoms with Gasteiger partial charge >= 0.3 is 18.0 Å². The largest absolute Gasteiger partial charge is 0.481 e. The molecule has 9 heteroatoms. The first kappa shape index (κ1) is 17.0. The second kappa shape index (κ2) is 8.30. The van der Waals surface area contributed by atoms with E-state index in [0.29, 0.717) is 13.0 Å². The summed E-state index contributed by atoms with van der Waals surface area (Å²) < 4.78 is 5.19. The monoisotopic (exact) mass is 302 g/mol. The zero-order chi connectivity index (χ0) is 15.8. The lowest BCUT2D eigenvalue weighted by Gasteiger charge is -2.30. The number of nitrogens with two attached hydrogens (primary N) is 1. The van der Waals surface area contributed by atoms with Crippen molar-refractivity contribution in [1.29, 1.82) is 0 Å². The van der Waals surface area contributed by atoms with Gasteiger partial charge in [0.2, 0.25) is 0 Å². The van der Waals surface area contributed by atoms with Crippen LogP contribution in [0.25, 0.3) is 0 Å². The van der Waals surface area contributed by atoms with E-state index in [1.54, 1.807) is 0 Å². The molecule has 1 aliphatic rings. The Morgan fingerprint density at radius 3 is 2.52 bits per heavy atom. The number of carboxylic acid groups (broad SMARTS) is 1. The highest BCUT2D eigenvalue weighted by Crippen LogP contribution is 2.20. The second-order valence-electron chi connectivity index (χ2n) is 4.77. The fourth-order valence-corrected chi connectivity index (χ4v) is 2.20. The molecule has 0 aromatic rings. The number of ether oxygens (including phenoxy) is 1. The maximum Gasteiger partial charge on any atom is 0.317 e. The van der Waals surface area contributed by atoms with E-state index in [0.717, 1.165) is 0 Å². The summed E-state index contributed by atoms with van der Waals surface area (Å²) in [4.78, 5) is 35.3. The number of hydrogen-bond donors (Lipinski definition) is 4. The van der Waals surface area contributed by atoms with Gasteiger partial charge in [0.05, 0.1) is 19.3 Å². The van der Waals surface area contributed by atoms with E-state index < -0.39 is 24.0 Å². The third-order valence-electron chi connectivity index (χ3n) is 3.19. The van der Waals surface area contributed by atoms with E-state index in [4.69, 9.17) is 15.6 Å². The molecule has 0 bridgehead atoms. The maximum atomic E-state index is 12.2. The fraction of sp³-hybridized carbons (Fsp3) is 0.750. The van der Waals surface area contributed by atoms with Crippen LogP contribution in [-0.2, 0) is 9.53 Å². The quantitative estimate of drug-likeness (QED) is 0.456. The summed E-state index contributed by atoms with van der Waals surface area (Å²) in [5.41, 5.74) is 4.91. The van der Waals surface area contributed by atoms with E-state index in [-0.39, 0.29) is 32.3 Å². The van der Waals surface area contributed by atoms with Crippen molar-refractivity contribution in [2.24, 2.45) is 11.7 Å². The number of aliphatic carboxylic acids is 1. The first-order valence-electron chi connectivity index (χ1n) is 6.85. The van der Waals surface area contributed by atoms with Crippen molar-refractivity contribution in [2.75, 3.05) is 32.8 Å². The van der Waals surface area contributed by atoms with Crippen LogP contribution >= 0.6 is 0 Å². The number of carboxylic acids is 1. The Morgan fingerprint density at radius 2 is 1.95 bits per heavy atom. The minimum atomic E-state index is -0.971. The molecule has 1 fully saturated rings. The molecule has 1 aliphatic heterocycles. The van der Waals surface area contributed by atoms with Gasteiger partial charge in [-0.2, -0.15) is 0 Å². The van der Waals surface area contributed by atoms with Gasteiger partial charge in [0.15, 0.2) is 0 Å². The average molecular weight is 302 g/mol. The first-order chi connectivity index (χ1) is 9.97. The Hall–Kier alpha value is -2.03. The molecule has 5 N–H and O–H groups in total. The van der Waals surface area contributed by atoms with Gasteiger partial charge in [0.1, 0.15) is 5.92 Å². The molecule has 21 heavy (non-hydrogen) atoms. The van der Waals surface area contributed by atoms with Crippen LogP contribution in [0.2, 0.25) is 0 Å². The van der Waals surface area contributed by atoms with Crippen molar-refractivity contribution in [3.05, 3.63) is 0 Å². The zero-order valence-corrected chi connectivity index (χ0v) is 12.0. The standard InChI is InChI=1S/C12H22N4O5/c1-2-5-16(9-7-21-6-8(9)10(17)18)12(20)15-4-3-14-11(13)19/h8-9H,2-7H2,1H3,(H,15,20)(H,17,18)(H3,13,14,19). The van der Waals surface area contributed by atoms with Crippen LogP contribution in [0.15, 0.2) is 0 Å². The smallest absolute Gasteiger partial charge is 0.317 e.